The Morgan fingerprint density at radius 3 is 2.82 bits per heavy atom. The summed E-state index contributed by atoms with van der Waals surface area (Å²) in [6.07, 6.45) is 6.18. The molecule has 1 aromatic heterocycles. The summed E-state index contributed by atoms with van der Waals surface area (Å²) in [5.41, 5.74) is 2.55. The molecule has 28 heavy (non-hydrogen) atoms. The molecule has 0 saturated heterocycles. The van der Waals surface area contributed by atoms with E-state index in [1.807, 2.05) is 48.5 Å². The van der Waals surface area contributed by atoms with E-state index in [2.05, 4.69) is 5.32 Å². The number of aryl methyl sites for hydroxylation is 1. The van der Waals surface area contributed by atoms with Crippen molar-refractivity contribution in [3.8, 4) is 0 Å². The van der Waals surface area contributed by atoms with E-state index in [-0.39, 0.29) is 11.9 Å². The second-order valence-corrected chi connectivity index (χ2v) is 7.78. The summed E-state index contributed by atoms with van der Waals surface area (Å²) in [5.74, 6) is -0.603. The summed E-state index contributed by atoms with van der Waals surface area (Å²) in [7, 11) is 0. The standard InChI is InChI=1S/C23H21NO3S/c1-2-27-23(26)21-18-11-6-12-19(18)28-22(21)24-20(25)14-13-16-9-5-8-15-7-3-4-10-17(15)16/h3-5,7-10,13-14H,2,6,11-12H2,1H3,(H,24,25). The zero-order valence-electron chi connectivity index (χ0n) is 15.7. The van der Waals surface area contributed by atoms with Gasteiger partial charge in [-0.2, -0.15) is 0 Å². The van der Waals surface area contributed by atoms with Crippen molar-refractivity contribution in [3.63, 3.8) is 0 Å². The molecule has 1 aliphatic rings. The fourth-order valence-electron chi connectivity index (χ4n) is 3.63. The van der Waals surface area contributed by atoms with Crippen LogP contribution in [0.3, 0.4) is 0 Å². The molecule has 0 unspecified atom stereocenters. The minimum absolute atomic E-state index is 0.251. The molecule has 1 N–H and O–H groups in total. The average molecular weight is 391 g/mol. The van der Waals surface area contributed by atoms with Crippen LogP contribution >= 0.6 is 11.3 Å². The lowest BCUT2D eigenvalue weighted by Gasteiger charge is -2.06. The minimum atomic E-state index is -0.352. The number of amides is 1. The van der Waals surface area contributed by atoms with E-state index in [0.29, 0.717) is 17.2 Å². The van der Waals surface area contributed by atoms with Crippen LogP contribution in [0.4, 0.5) is 5.00 Å². The van der Waals surface area contributed by atoms with Gasteiger partial charge in [0, 0.05) is 11.0 Å². The van der Waals surface area contributed by atoms with Crippen LogP contribution in [0.1, 0.15) is 39.7 Å². The highest BCUT2D eigenvalue weighted by atomic mass is 32.1. The van der Waals surface area contributed by atoms with E-state index >= 15 is 0 Å². The van der Waals surface area contributed by atoms with E-state index in [1.54, 1.807) is 6.92 Å². The third kappa shape index (κ3) is 3.58. The van der Waals surface area contributed by atoms with Crippen LogP contribution in [0.5, 0.6) is 0 Å². The number of fused-ring (bicyclic) bond motifs is 2. The Balaban J connectivity index is 1.57. The lowest BCUT2D eigenvalue weighted by atomic mass is 10.0. The number of hydrogen-bond donors (Lipinski definition) is 1. The van der Waals surface area contributed by atoms with Crippen LogP contribution < -0.4 is 5.32 Å². The van der Waals surface area contributed by atoms with Gasteiger partial charge in [-0.1, -0.05) is 42.5 Å². The van der Waals surface area contributed by atoms with Gasteiger partial charge in [-0.05, 0) is 54.2 Å². The molecule has 0 saturated carbocycles. The molecule has 5 heteroatoms. The Hall–Kier alpha value is -2.92. The highest BCUT2D eigenvalue weighted by molar-refractivity contribution is 7.17. The molecule has 4 rings (SSSR count). The molecule has 1 amide bonds. The maximum Gasteiger partial charge on any atom is 0.341 e. The van der Waals surface area contributed by atoms with E-state index in [4.69, 9.17) is 4.74 Å². The van der Waals surface area contributed by atoms with Crippen molar-refractivity contribution < 1.29 is 14.3 Å². The molecule has 0 fully saturated rings. The number of ether oxygens (including phenoxy) is 1. The van der Waals surface area contributed by atoms with Crippen molar-refractivity contribution in [2.45, 2.75) is 26.2 Å². The van der Waals surface area contributed by atoms with Crippen LogP contribution in [0.2, 0.25) is 0 Å². The number of rotatable bonds is 5. The molecular formula is C23H21NO3S. The van der Waals surface area contributed by atoms with Crippen molar-refractivity contribution in [1.29, 1.82) is 0 Å². The van der Waals surface area contributed by atoms with E-state index in [1.165, 1.54) is 22.3 Å². The molecule has 0 aliphatic heterocycles. The molecule has 0 atom stereocenters. The van der Waals surface area contributed by atoms with Crippen molar-refractivity contribution >= 4 is 45.1 Å². The topological polar surface area (TPSA) is 55.4 Å². The highest BCUT2D eigenvalue weighted by Gasteiger charge is 2.28. The first kappa shape index (κ1) is 18.4. The predicted molar refractivity (Wildman–Crippen MR) is 114 cm³/mol. The number of anilines is 1. The first-order valence-electron chi connectivity index (χ1n) is 9.46. The molecule has 0 bridgehead atoms. The average Bonchev–Trinajstić information content (AvgIpc) is 3.27. The number of carbonyl (C=O) groups excluding carboxylic acids is 2. The van der Waals surface area contributed by atoms with Crippen LogP contribution in [-0.2, 0) is 22.4 Å². The number of hydrogen-bond acceptors (Lipinski definition) is 4. The fourth-order valence-corrected chi connectivity index (χ4v) is 4.91. The zero-order chi connectivity index (χ0) is 19.5. The van der Waals surface area contributed by atoms with E-state index in [9.17, 15) is 9.59 Å². The monoisotopic (exact) mass is 391 g/mol. The van der Waals surface area contributed by atoms with Gasteiger partial charge in [-0.15, -0.1) is 11.3 Å². The Morgan fingerprint density at radius 2 is 1.96 bits per heavy atom. The van der Waals surface area contributed by atoms with Crippen molar-refractivity contribution in [1.82, 2.24) is 0 Å². The quantitative estimate of drug-likeness (QED) is 0.479. The van der Waals surface area contributed by atoms with Gasteiger partial charge in [0.2, 0.25) is 5.91 Å². The van der Waals surface area contributed by atoms with Gasteiger partial charge in [0.15, 0.2) is 0 Å². The summed E-state index contributed by atoms with van der Waals surface area (Å²) in [6, 6.07) is 14.1. The van der Waals surface area contributed by atoms with Gasteiger partial charge in [0.05, 0.1) is 12.2 Å². The normalized spacial score (nSPS) is 13.0. The van der Waals surface area contributed by atoms with Gasteiger partial charge in [-0.25, -0.2) is 4.79 Å². The largest absolute Gasteiger partial charge is 0.462 e. The predicted octanol–water partition coefficient (Wildman–Crippen LogP) is 5.22. The second-order valence-electron chi connectivity index (χ2n) is 6.67. The van der Waals surface area contributed by atoms with Gasteiger partial charge in [0.25, 0.3) is 0 Å². The molecule has 1 aliphatic carbocycles. The highest BCUT2D eigenvalue weighted by Crippen LogP contribution is 2.39. The summed E-state index contributed by atoms with van der Waals surface area (Å²) in [5, 5.41) is 5.71. The zero-order valence-corrected chi connectivity index (χ0v) is 16.5. The molecule has 3 aromatic rings. The second kappa shape index (κ2) is 7.98. The smallest absolute Gasteiger partial charge is 0.341 e. The molecule has 142 valence electrons. The molecule has 4 nitrogen and oxygen atoms in total. The molecular weight excluding hydrogens is 370 g/mol. The SMILES string of the molecule is CCOC(=O)c1c(NC(=O)C=Cc2cccc3ccccc23)sc2c1CCC2. The van der Waals surface area contributed by atoms with Gasteiger partial charge < -0.3 is 10.1 Å². The van der Waals surface area contributed by atoms with Crippen molar-refractivity contribution in [2.24, 2.45) is 0 Å². The summed E-state index contributed by atoms with van der Waals surface area (Å²) in [6.45, 7) is 2.10. The van der Waals surface area contributed by atoms with Gasteiger partial charge >= 0.3 is 5.97 Å². The Labute approximate surface area is 167 Å². The van der Waals surface area contributed by atoms with Gasteiger partial charge in [0.1, 0.15) is 5.00 Å². The van der Waals surface area contributed by atoms with Crippen LogP contribution in [0, 0.1) is 0 Å². The van der Waals surface area contributed by atoms with Crippen molar-refractivity contribution in [2.75, 3.05) is 11.9 Å². The lowest BCUT2D eigenvalue weighted by molar-refractivity contribution is -0.111. The lowest BCUT2D eigenvalue weighted by Crippen LogP contribution is -2.13. The summed E-state index contributed by atoms with van der Waals surface area (Å²) >= 11 is 1.49. The number of esters is 1. The van der Waals surface area contributed by atoms with Gasteiger partial charge in [-0.3, -0.25) is 4.79 Å². The van der Waals surface area contributed by atoms with Crippen LogP contribution in [0.15, 0.2) is 48.5 Å². The Kier molecular flexibility index (Phi) is 5.26. The Bertz CT molecular complexity index is 1080. The maximum absolute atomic E-state index is 12.5. The first-order chi connectivity index (χ1) is 13.7. The third-order valence-corrected chi connectivity index (χ3v) is 6.08. The molecule has 0 radical (unpaired) electrons. The van der Waals surface area contributed by atoms with E-state index < -0.39 is 0 Å². The van der Waals surface area contributed by atoms with E-state index in [0.717, 1.165) is 41.2 Å². The van der Waals surface area contributed by atoms with Crippen molar-refractivity contribution in [3.05, 3.63) is 70.1 Å². The first-order valence-corrected chi connectivity index (χ1v) is 10.3. The number of nitrogens with one attached hydrogen (secondary N) is 1. The van der Waals surface area contributed by atoms with Crippen LogP contribution in [0.25, 0.3) is 16.8 Å². The minimum Gasteiger partial charge on any atom is -0.462 e. The number of benzene rings is 2. The molecule has 2 aromatic carbocycles. The maximum atomic E-state index is 12.5. The summed E-state index contributed by atoms with van der Waals surface area (Å²) < 4.78 is 5.21. The third-order valence-electron chi connectivity index (χ3n) is 4.88. The number of thiophene rings is 1. The fraction of sp³-hybridized carbons (Fsp3) is 0.217. The summed E-state index contributed by atoms with van der Waals surface area (Å²) in [4.78, 5) is 26.1. The number of carbonyl (C=O) groups is 2. The Morgan fingerprint density at radius 1 is 1.14 bits per heavy atom. The van der Waals surface area contributed by atoms with Crippen LogP contribution in [-0.4, -0.2) is 18.5 Å². The molecule has 1 heterocycles. The molecule has 0 spiro atoms.